The highest BCUT2D eigenvalue weighted by Crippen LogP contribution is 2.25. The molecule has 0 amide bonds. The first-order valence-electron chi connectivity index (χ1n) is 5.08. The predicted octanol–water partition coefficient (Wildman–Crippen LogP) is 3.06. The van der Waals surface area contributed by atoms with Crippen molar-refractivity contribution < 1.29 is 5.11 Å². The van der Waals surface area contributed by atoms with Gasteiger partial charge in [0.05, 0.1) is 11.9 Å². The monoisotopic (exact) mass is 310 g/mol. The van der Waals surface area contributed by atoms with Crippen LogP contribution in [0.2, 0.25) is 0 Å². The molecular weight excluding hydrogens is 300 g/mol. The second-order valence-electron chi connectivity index (χ2n) is 3.41. The summed E-state index contributed by atoms with van der Waals surface area (Å²) in [5.41, 5.74) is 0.606. The summed E-state index contributed by atoms with van der Waals surface area (Å²) in [7, 11) is 0. The van der Waals surface area contributed by atoms with Crippen molar-refractivity contribution in [3.63, 3.8) is 0 Å². The summed E-state index contributed by atoms with van der Waals surface area (Å²) in [6, 6.07) is 7.98. The summed E-state index contributed by atoms with van der Waals surface area (Å²) in [5, 5.41) is 9.92. The number of benzene rings is 1. The molecule has 2 rings (SSSR count). The molecule has 3 nitrogen and oxygen atoms in total. The van der Waals surface area contributed by atoms with Gasteiger partial charge < -0.3 is 5.11 Å². The lowest BCUT2D eigenvalue weighted by atomic mass is 10.3. The summed E-state index contributed by atoms with van der Waals surface area (Å²) in [6.07, 6.45) is 4.18. The van der Waals surface area contributed by atoms with Crippen LogP contribution in [-0.2, 0) is 0 Å². The molecule has 1 N–H and O–H groups in total. The summed E-state index contributed by atoms with van der Waals surface area (Å²) in [6.45, 7) is 0. The molecule has 0 saturated heterocycles. The third-order valence-corrected chi connectivity index (χ3v) is 3.69. The molecule has 0 spiro atoms. The van der Waals surface area contributed by atoms with Gasteiger partial charge in [-0.2, -0.15) is 0 Å². The van der Waals surface area contributed by atoms with Crippen molar-refractivity contribution in [3.8, 4) is 0 Å². The fourth-order valence-electron chi connectivity index (χ4n) is 1.30. The molecule has 1 unspecified atom stereocenters. The molecule has 0 aliphatic rings. The number of rotatable bonds is 4. The lowest BCUT2D eigenvalue weighted by Crippen LogP contribution is -2.03. The van der Waals surface area contributed by atoms with Crippen LogP contribution >= 0.6 is 27.7 Å². The smallest absolute Gasteiger partial charge is 0.107 e. The fraction of sp³-hybridized carbons (Fsp3) is 0.167. The lowest BCUT2D eigenvalue weighted by molar-refractivity contribution is 0.198. The highest BCUT2D eigenvalue weighted by Gasteiger charge is 2.09. The molecule has 0 bridgehead atoms. The van der Waals surface area contributed by atoms with Crippen molar-refractivity contribution >= 4 is 27.7 Å². The Balaban J connectivity index is 1.95. The Hall–Kier alpha value is -0.910. The van der Waals surface area contributed by atoms with E-state index in [0.29, 0.717) is 11.4 Å². The Morgan fingerprint density at radius 1 is 1.35 bits per heavy atom. The van der Waals surface area contributed by atoms with Crippen LogP contribution in [0.25, 0.3) is 0 Å². The van der Waals surface area contributed by atoms with Crippen LogP contribution in [0.5, 0.6) is 0 Å². The molecule has 1 aromatic heterocycles. The van der Waals surface area contributed by atoms with E-state index in [1.807, 2.05) is 24.3 Å². The van der Waals surface area contributed by atoms with Gasteiger partial charge in [-0.05, 0) is 18.2 Å². The van der Waals surface area contributed by atoms with Gasteiger partial charge in [-0.15, -0.1) is 11.8 Å². The molecule has 1 heterocycles. The van der Waals surface area contributed by atoms with E-state index in [0.717, 1.165) is 9.37 Å². The third-order valence-electron chi connectivity index (χ3n) is 2.13. The van der Waals surface area contributed by atoms with Crippen molar-refractivity contribution in [1.82, 2.24) is 9.97 Å². The molecule has 5 heteroatoms. The first kappa shape index (κ1) is 12.5. The second-order valence-corrected chi connectivity index (χ2v) is 5.42. The van der Waals surface area contributed by atoms with Crippen LogP contribution in [0.4, 0.5) is 0 Å². The Bertz CT molecular complexity index is 481. The van der Waals surface area contributed by atoms with Gasteiger partial charge in [-0.1, -0.05) is 22.0 Å². The molecule has 17 heavy (non-hydrogen) atoms. The second kappa shape index (κ2) is 6.14. The maximum absolute atomic E-state index is 9.92. The van der Waals surface area contributed by atoms with Crippen LogP contribution in [0.3, 0.4) is 0 Å². The number of nitrogens with zero attached hydrogens (tertiary/aromatic N) is 2. The van der Waals surface area contributed by atoms with Crippen LogP contribution in [0.15, 0.2) is 52.2 Å². The van der Waals surface area contributed by atoms with Gasteiger partial charge in [-0.3, -0.25) is 9.97 Å². The summed E-state index contributed by atoms with van der Waals surface area (Å²) in [5.74, 6) is 0.565. The van der Waals surface area contributed by atoms with E-state index < -0.39 is 6.10 Å². The number of aromatic nitrogens is 2. The number of hydrogen-bond donors (Lipinski definition) is 1. The summed E-state index contributed by atoms with van der Waals surface area (Å²) in [4.78, 5) is 9.12. The highest BCUT2D eigenvalue weighted by atomic mass is 79.9. The van der Waals surface area contributed by atoms with Gasteiger partial charge in [-0.25, -0.2) is 0 Å². The Morgan fingerprint density at radius 3 is 2.94 bits per heavy atom. The molecule has 0 aliphatic carbocycles. The van der Waals surface area contributed by atoms with E-state index in [2.05, 4.69) is 25.9 Å². The number of aliphatic hydroxyl groups is 1. The quantitative estimate of drug-likeness (QED) is 0.882. The van der Waals surface area contributed by atoms with Crippen LogP contribution in [0.1, 0.15) is 11.8 Å². The maximum atomic E-state index is 9.92. The van der Waals surface area contributed by atoms with Crippen molar-refractivity contribution in [1.29, 1.82) is 0 Å². The zero-order chi connectivity index (χ0) is 12.1. The van der Waals surface area contributed by atoms with E-state index in [1.54, 1.807) is 30.4 Å². The lowest BCUT2D eigenvalue weighted by Gasteiger charge is -2.09. The molecule has 0 radical (unpaired) electrons. The van der Waals surface area contributed by atoms with Crippen LogP contribution < -0.4 is 0 Å². The van der Waals surface area contributed by atoms with Crippen molar-refractivity contribution in [3.05, 3.63) is 53.0 Å². The molecular formula is C12H11BrN2OS. The SMILES string of the molecule is OC(CSc1cccc(Br)c1)c1cnccn1. The zero-order valence-electron chi connectivity index (χ0n) is 8.95. The predicted molar refractivity (Wildman–Crippen MR) is 71.9 cm³/mol. The third kappa shape index (κ3) is 3.80. The molecule has 1 aromatic carbocycles. The van der Waals surface area contributed by atoms with E-state index in [4.69, 9.17) is 0 Å². The minimum absolute atomic E-state index is 0.565. The van der Waals surface area contributed by atoms with Crippen molar-refractivity contribution in [2.24, 2.45) is 0 Å². The van der Waals surface area contributed by atoms with Gasteiger partial charge in [0.2, 0.25) is 0 Å². The topological polar surface area (TPSA) is 46.0 Å². The number of aliphatic hydroxyl groups excluding tert-OH is 1. The summed E-state index contributed by atoms with van der Waals surface area (Å²) < 4.78 is 1.04. The molecule has 0 aliphatic heterocycles. The molecule has 2 aromatic rings. The van der Waals surface area contributed by atoms with Gasteiger partial charge in [0, 0.05) is 27.5 Å². The first-order chi connectivity index (χ1) is 8.25. The minimum atomic E-state index is -0.590. The van der Waals surface area contributed by atoms with Crippen LogP contribution in [-0.4, -0.2) is 20.8 Å². The van der Waals surface area contributed by atoms with Crippen molar-refractivity contribution in [2.45, 2.75) is 11.0 Å². The normalized spacial score (nSPS) is 12.4. The van der Waals surface area contributed by atoms with E-state index >= 15 is 0 Å². The molecule has 88 valence electrons. The fourth-order valence-corrected chi connectivity index (χ4v) is 2.76. The van der Waals surface area contributed by atoms with Gasteiger partial charge in [0.25, 0.3) is 0 Å². The highest BCUT2D eigenvalue weighted by molar-refractivity contribution is 9.10. The minimum Gasteiger partial charge on any atom is -0.386 e. The van der Waals surface area contributed by atoms with E-state index in [9.17, 15) is 5.11 Å². The zero-order valence-corrected chi connectivity index (χ0v) is 11.4. The average Bonchev–Trinajstić information content (AvgIpc) is 2.37. The van der Waals surface area contributed by atoms with Gasteiger partial charge >= 0.3 is 0 Å². The van der Waals surface area contributed by atoms with E-state index in [-0.39, 0.29) is 0 Å². The largest absolute Gasteiger partial charge is 0.386 e. The molecule has 0 saturated carbocycles. The standard InChI is InChI=1S/C12H11BrN2OS/c13-9-2-1-3-10(6-9)17-8-12(16)11-7-14-4-5-15-11/h1-7,12,16H,8H2. The Morgan fingerprint density at radius 2 is 2.24 bits per heavy atom. The number of thioether (sulfide) groups is 1. The molecule has 0 fully saturated rings. The average molecular weight is 311 g/mol. The Labute approximate surface area is 112 Å². The van der Waals surface area contributed by atoms with Crippen LogP contribution in [0, 0.1) is 0 Å². The first-order valence-corrected chi connectivity index (χ1v) is 6.86. The van der Waals surface area contributed by atoms with Crippen molar-refractivity contribution in [2.75, 3.05) is 5.75 Å². The summed E-state index contributed by atoms with van der Waals surface area (Å²) >= 11 is 5.01. The Kier molecular flexibility index (Phi) is 4.53. The molecule has 1 atom stereocenters. The maximum Gasteiger partial charge on any atom is 0.107 e. The number of hydrogen-bond acceptors (Lipinski definition) is 4. The van der Waals surface area contributed by atoms with Gasteiger partial charge in [0.15, 0.2) is 0 Å². The van der Waals surface area contributed by atoms with Gasteiger partial charge in [0.1, 0.15) is 6.10 Å². The van der Waals surface area contributed by atoms with E-state index in [1.165, 1.54) is 0 Å². The number of halogens is 1.